The van der Waals surface area contributed by atoms with E-state index in [4.69, 9.17) is 0 Å². The van der Waals surface area contributed by atoms with Crippen molar-refractivity contribution < 1.29 is 22.0 Å². The zero-order valence-corrected chi connectivity index (χ0v) is 14.8. The van der Waals surface area contributed by atoms with Crippen LogP contribution in [0.25, 0.3) is 0 Å². The van der Waals surface area contributed by atoms with Gasteiger partial charge in [0.15, 0.2) is 23.3 Å². The monoisotopic (exact) mass is 400 g/mol. The number of aromatic nitrogens is 2. The first-order valence-electron chi connectivity index (χ1n) is 8.61. The van der Waals surface area contributed by atoms with E-state index in [9.17, 15) is 13.2 Å². The third-order valence-corrected chi connectivity index (χ3v) is 4.85. The van der Waals surface area contributed by atoms with E-state index >= 15 is 8.78 Å². The molecule has 0 amide bonds. The summed E-state index contributed by atoms with van der Waals surface area (Å²) in [4.78, 5) is 3.94. The molecular formula is C22H13F5N2. The quantitative estimate of drug-likeness (QED) is 0.194. The van der Waals surface area contributed by atoms with Crippen LogP contribution in [0.1, 0.15) is 16.7 Å². The fourth-order valence-corrected chi connectivity index (χ4v) is 3.62. The van der Waals surface area contributed by atoms with Crippen molar-refractivity contribution in [2.45, 2.75) is 5.54 Å². The van der Waals surface area contributed by atoms with Gasteiger partial charge in [0.1, 0.15) is 5.54 Å². The van der Waals surface area contributed by atoms with Gasteiger partial charge < -0.3 is 4.57 Å². The second-order valence-electron chi connectivity index (χ2n) is 6.36. The SMILES string of the molecule is Fc1c(F)c(F)c(C(c2ccccc2)(c2ccccc2)n2ccnc2)c(F)c1F. The Hall–Kier alpha value is -3.48. The molecule has 2 nitrogen and oxygen atoms in total. The van der Waals surface area contributed by atoms with Gasteiger partial charge in [-0.05, 0) is 11.1 Å². The van der Waals surface area contributed by atoms with E-state index < -0.39 is 40.2 Å². The molecule has 7 heteroatoms. The van der Waals surface area contributed by atoms with E-state index in [0.717, 1.165) is 0 Å². The second kappa shape index (κ2) is 7.16. The first-order valence-corrected chi connectivity index (χ1v) is 8.61. The number of halogens is 5. The number of hydrogen-bond acceptors (Lipinski definition) is 1. The zero-order chi connectivity index (χ0) is 20.6. The van der Waals surface area contributed by atoms with Crippen molar-refractivity contribution in [3.05, 3.63) is 125 Å². The summed E-state index contributed by atoms with van der Waals surface area (Å²) in [7, 11) is 0. The molecule has 0 spiro atoms. The molecule has 0 bridgehead atoms. The lowest BCUT2D eigenvalue weighted by Gasteiger charge is -2.37. The van der Waals surface area contributed by atoms with E-state index in [2.05, 4.69) is 4.98 Å². The fraction of sp³-hybridized carbons (Fsp3) is 0.0455. The topological polar surface area (TPSA) is 17.8 Å². The molecule has 0 aliphatic heterocycles. The first-order chi connectivity index (χ1) is 14.0. The van der Waals surface area contributed by atoms with Gasteiger partial charge in [0.2, 0.25) is 5.82 Å². The Bertz CT molecular complexity index is 1070. The normalized spacial score (nSPS) is 11.6. The van der Waals surface area contributed by atoms with Gasteiger partial charge in [-0.15, -0.1) is 0 Å². The molecule has 0 saturated carbocycles. The Balaban J connectivity index is 2.26. The molecule has 4 rings (SSSR count). The van der Waals surface area contributed by atoms with Gasteiger partial charge in [-0.3, -0.25) is 0 Å². The second-order valence-corrected chi connectivity index (χ2v) is 6.36. The van der Waals surface area contributed by atoms with Crippen molar-refractivity contribution in [2.24, 2.45) is 0 Å². The minimum atomic E-state index is -2.20. The van der Waals surface area contributed by atoms with Crippen LogP contribution in [-0.2, 0) is 5.54 Å². The van der Waals surface area contributed by atoms with Crippen molar-refractivity contribution >= 4 is 0 Å². The molecule has 3 aromatic carbocycles. The minimum Gasteiger partial charge on any atom is -0.319 e. The van der Waals surface area contributed by atoms with Crippen molar-refractivity contribution in [1.29, 1.82) is 0 Å². The highest BCUT2D eigenvalue weighted by Gasteiger charge is 2.45. The highest BCUT2D eigenvalue weighted by Crippen LogP contribution is 2.44. The van der Waals surface area contributed by atoms with Gasteiger partial charge in [-0.1, -0.05) is 60.7 Å². The Morgan fingerprint density at radius 3 is 1.48 bits per heavy atom. The number of benzene rings is 3. The largest absolute Gasteiger partial charge is 0.319 e. The van der Waals surface area contributed by atoms with Gasteiger partial charge in [-0.2, -0.15) is 0 Å². The van der Waals surface area contributed by atoms with Crippen molar-refractivity contribution in [3.8, 4) is 0 Å². The van der Waals surface area contributed by atoms with Gasteiger partial charge in [0.05, 0.1) is 11.9 Å². The Morgan fingerprint density at radius 2 is 1.07 bits per heavy atom. The Kier molecular flexibility index (Phi) is 4.66. The van der Waals surface area contributed by atoms with Crippen LogP contribution in [0.15, 0.2) is 79.4 Å². The number of imidazole rings is 1. The van der Waals surface area contributed by atoms with Crippen LogP contribution in [0, 0.1) is 29.1 Å². The summed E-state index contributed by atoms with van der Waals surface area (Å²) < 4.78 is 73.8. The average molecular weight is 400 g/mol. The summed E-state index contributed by atoms with van der Waals surface area (Å²) in [5, 5.41) is 0. The van der Waals surface area contributed by atoms with Crippen LogP contribution in [0.3, 0.4) is 0 Å². The summed E-state index contributed by atoms with van der Waals surface area (Å²) in [6.45, 7) is 0. The zero-order valence-electron chi connectivity index (χ0n) is 14.8. The molecule has 0 radical (unpaired) electrons. The summed E-state index contributed by atoms with van der Waals surface area (Å²) >= 11 is 0. The van der Waals surface area contributed by atoms with Crippen molar-refractivity contribution in [2.75, 3.05) is 0 Å². The number of nitrogens with zero attached hydrogens (tertiary/aromatic N) is 2. The molecule has 4 aromatic rings. The van der Waals surface area contributed by atoms with Crippen LogP contribution in [0.2, 0.25) is 0 Å². The van der Waals surface area contributed by atoms with Crippen LogP contribution in [0.5, 0.6) is 0 Å². The van der Waals surface area contributed by atoms with Crippen LogP contribution in [-0.4, -0.2) is 9.55 Å². The van der Waals surface area contributed by atoms with E-state index in [1.807, 2.05) is 0 Å². The fourth-order valence-electron chi connectivity index (χ4n) is 3.62. The van der Waals surface area contributed by atoms with E-state index in [-0.39, 0.29) is 0 Å². The number of rotatable bonds is 4. The molecule has 0 saturated heterocycles. The van der Waals surface area contributed by atoms with Crippen LogP contribution >= 0.6 is 0 Å². The Labute approximate surface area is 162 Å². The summed E-state index contributed by atoms with van der Waals surface area (Å²) in [5.74, 6) is -10.0. The van der Waals surface area contributed by atoms with E-state index in [1.54, 1.807) is 60.7 Å². The molecule has 1 aromatic heterocycles. The predicted octanol–water partition coefficient (Wildman–Crippen LogP) is 5.42. The van der Waals surface area contributed by atoms with Gasteiger partial charge in [0.25, 0.3) is 0 Å². The summed E-state index contributed by atoms with van der Waals surface area (Å²) in [5.41, 5.74) is -2.27. The number of hydrogen-bond donors (Lipinski definition) is 0. The van der Waals surface area contributed by atoms with Gasteiger partial charge >= 0.3 is 0 Å². The highest BCUT2D eigenvalue weighted by molar-refractivity contribution is 5.52. The molecule has 0 aliphatic rings. The van der Waals surface area contributed by atoms with Crippen molar-refractivity contribution in [1.82, 2.24) is 9.55 Å². The minimum absolute atomic E-state index is 0.299. The first kappa shape index (κ1) is 18.9. The Morgan fingerprint density at radius 1 is 0.621 bits per heavy atom. The lowest BCUT2D eigenvalue weighted by molar-refractivity contribution is 0.347. The average Bonchev–Trinajstić information content (AvgIpc) is 3.30. The lowest BCUT2D eigenvalue weighted by atomic mass is 9.76. The van der Waals surface area contributed by atoms with Gasteiger partial charge in [-0.25, -0.2) is 26.9 Å². The molecule has 0 aliphatic carbocycles. The molecule has 1 heterocycles. The lowest BCUT2D eigenvalue weighted by Crippen LogP contribution is -2.39. The third kappa shape index (κ3) is 2.73. The maximum absolute atomic E-state index is 15.1. The van der Waals surface area contributed by atoms with E-state index in [1.165, 1.54) is 23.3 Å². The van der Waals surface area contributed by atoms with E-state index in [0.29, 0.717) is 11.1 Å². The molecule has 0 N–H and O–H groups in total. The molecule has 146 valence electrons. The molecule has 0 atom stereocenters. The third-order valence-electron chi connectivity index (χ3n) is 4.85. The predicted molar refractivity (Wildman–Crippen MR) is 96.6 cm³/mol. The molecule has 29 heavy (non-hydrogen) atoms. The summed E-state index contributed by atoms with van der Waals surface area (Å²) in [6, 6.07) is 16.1. The summed E-state index contributed by atoms with van der Waals surface area (Å²) in [6.07, 6.45) is 4.06. The smallest absolute Gasteiger partial charge is 0.200 e. The maximum Gasteiger partial charge on any atom is 0.200 e. The molecule has 0 unspecified atom stereocenters. The van der Waals surface area contributed by atoms with Crippen LogP contribution < -0.4 is 0 Å². The van der Waals surface area contributed by atoms with Crippen molar-refractivity contribution in [3.63, 3.8) is 0 Å². The highest BCUT2D eigenvalue weighted by atomic mass is 19.2. The molecular weight excluding hydrogens is 387 g/mol. The standard InChI is InChI=1S/C22H13F5N2/c23-17-16(18(24)20(26)21(27)19(17)25)22(29-12-11-28-13-29,14-7-3-1-4-8-14)15-9-5-2-6-10-15/h1-13H. The van der Waals surface area contributed by atoms with Crippen LogP contribution in [0.4, 0.5) is 22.0 Å². The maximum atomic E-state index is 15.1. The molecule has 0 fully saturated rings. The van der Waals surface area contributed by atoms with Gasteiger partial charge in [0, 0.05) is 12.4 Å².